The summed E-state index contributed by atoms with van der Waals surface area (Å²) in [5, 5.41) is 0. The minimum Gasteiger partial charge on any atom is -0.359 e. The Hall–Kier alpha value is -1.36. The maximum absolute atomic E-state index is 5.59. The van der Waals surface area contributed by atoms with E-state index in [1.165, 1.54) is 25.7 Å². The van der Waals surface area contributed by atoms with Crippen LogP contribution in [0.5, 0.6) is 0 Å². The van der Waals surface area contributed by atoms with Crippen molar-refractivity contribution in [3.63, 3.8) is 0 Å². The lowest BCUT2D eigenvalue weighted by molar-refractivity contribution is 0.543. The van der Waals surface area contributed by atoms with Crippen LogP contribution in [0.1, 0.15) is 56.8 Å². The Kier molecular flexibility index (Phi) is 4.81. The molecule has 1 aromatic rings. The molecule has 5 nitrogen and oxygen atoms in total. The number of nitrogen functional groups attached to an aromatic ring is 1. The molecule has 0 aromatic carbocycles. The first-order chi connectivity index (χ1) is 9.52. The molecule has 20 heavy (non-hydrogen) atoms. The lowest BCUT2D eigenvalue weighted by atomic mass is 10.1. The van der Waals surface area contributed by atoms with E-state index in [4.69, 9.17) is 10.8 Å². The number of hydrogen-bond acceptors (Lipinski definition) is 5. The Morgan fingerprint density at radius 1 is 1.30 bits per heavy atom. The lowest BCUT2D eigenvalue weighted by Crippen LogP contribution is -2.27. The molecule has 0 atom stereocenters. The molecule has 0 radical (unpaired) electrons. The van der Waals surface area contributed by atoms with E-state index in [-0.39, 0.29) is 0 Å². The maximum Gasteiger partial charge on any atom is 0.148 e. The molecule has 3 N–H and O–H groups in total. The normalized spacial score (nSPS) is 15.9. The smallest absolute Gasteiger partial charge is 0.148 e. The van der Waals surface area contributed by atoms with E-state index >= 15 is 0 Å². The zero-order valence-electron chi connectivity index (χ0n) is 13.1. The summed E-state index contributed by atoms with van der Waals surface area (Å²) in [5.41, 5.74) is 3.73. The minimum absolute atomic E-state index is 0.293. The van der Waals surface area contributed by atoms with Gasteiger partial charge in [0.2, 0.25) is 0 Å². The molecule has 5 heteroatoms. The average Bonchev–Trinajstić information content (AvgIpc) is 2.91. The number of hydrazine groups is 1. The molecule has 1 aliphatic carbocycles. The summed E-state index contributed by atoms with van der Waals surface area (Å²) in [4.78, 5) is 11.5. The van der Waals surface area contributed by atoms with Crippen molar-refractivity contribution in [1.82, 2.24) is 9.97 Å². The summed E-state index contributed by atoms with van der Waals surface area (Å²) >= 11 is 0. The van der Waals surface area contributed by atoms with Crippen molar-refractivity contribution in [3.8, 4) is 0 Å². The fourth-order valence-electron chi connectivity index (χ4n) is 2.96. The van der Waals surface area contributed by atoms with Crippen LogP contribution in [-0.4, -0.2) is 23.6 Å². The van der Waals surface area contributed by atoms with Crippen LogP contribution in [0.2, 0.25) is 0 Å². The van der Waals surface area contributed by atoms with Gasteiger partial charge in [0, 0.05) is 25.1 Å². The Bertz CT molecular complexity index is 452. The summed E-state index contributed by atoms with van der Waals surface area (Å²) in [6, 6.07) is 0. The van der Waals surface area contributed by atoms with Crippen LogP contribution in [0.25, 0.3) is 0 Å². The molecule has 0 amide bonds. The zero-order valence-corrected chi connectivity index (χ0v) is 13.1. The average molecular weight is 277 g/mol. The maximum atomic E-state index is 5.59. The third-order valence-corrected chi connectivity index (χ3v) is 4.16. The Balaban J connectivity index is 2.25. The molecular formula is C15H27N5. The van der Waals surface area contributed by atoms with Gasteiger partial charge in [-0.2, -0.15) is 0 Å². The SMILES string of the molecule is Cc1c(NN)nc(C(C)C)nc1N(C)CC1CCCC1. The van der Waals surface area contributed by atoms with Gasteiger partial charge in [-0.1, -0.05) is 26.7 Å². The molecule has 1 saturated carbocycles. The van der Waals surface area contributed by atoms with E-state index < -0.39 is 0 Å². The summed E-state index contributed by atoms with van der Waals surface area (Å²) in [6.07, 6.45) is 5.42. The van der Waals surface area contributed by atoms with Crippen molar-refractivity contribution in [2.75, 3.05) is 23.9 Å². The third kappa shape index (κ3) is 3.20. The fraction of sp³-hybridized carbons (Fsp3) is 0.733. The van der Waals surface area contributed by atoms with Crippen LogP contribution in [0, 0.1) is 12.8 Å². The Morgan fingerprint density at radius 3 is 2.50 bits per heavy atom. The van der Waals surface area contributed by atoms with E-state index in [1.54, 1.807) is 0 Å². The number of anilines is 2. The van der Waals surface area contributed by atoms with Crippen molar-refractivity contribution >= 4 is 11.6 Å². The van der Waals surface area contributed by atoms with E-state index in [0.717, 1.165) is 35.5 Å². The quantitative estimate of drug-likeness (QED) is 0.640. The predicted octanol–water partition coefficient (Wildman–Crippen LogP) is 2.82. The molecule has 1 aromatic heterocycles. The van der Waals surface area contributed by atoms with Gasteiger partial charge in [-0.15, -0.1) is 0 Å². The molecule has 0 unspecified atom stereocenters. The first-order valence-corrected chi connectivity index (χ1v) is 7.59. The Morgan fingerprint density at radius 2 is 1.95 bits per heavy atom. The summed E-state index contributed by atoms with van der Waals surface area (Å²) in [7, 11) is 2.12. The number of nitrogens with one attached hydrogen (secondary N) is 1. The first-order valence-electron chi connectivity index (χ1n) is 7.59. The summed E-state index contributed by atoms with van der Waals surface area (Å²) in [6.45, 7) is 7.30. The molecule has 1 aliphatic rings. The highest BCUT2D eigenvalue weighted by atomic mass is 15.3. The van der Waals surface area contributed by atoms with Gasteiger partial charge in [0.05, 0.1) is 0 Å². The number of rotatable bonds is 5. The number of hydrogen-bond donors (Lipinski definition) is 2. The van der Waals surface area contributed by atoms with Crippen LogP contribution >= 0.6 is 0 Å². The van der Waals surface area contributed by atoms with Crippen LogP contribution in [0.15, 0.2) is 0 Å². The van der Waals surface area contributed by atoms with Crippen LogP contribution in [0.4, 0.5) is 11.6 Å². The van der Waals surface area contributed by atoms with Crippen molar-refractivity contribution in [3.05, 3.63) is 11.4 Å². The molecule has 2 rings (SSSR count). The van der Waals surface area contributed by atoms with E-state index in [9.17, 15) is 0 Å². The molecule has 112 valence electrons. The molecular weight excluding hydrogens is 250 g/mol. The second-order valence-corrected chi connectivity index (χ2v) is 6.21. The van der Waals surface area contributed by atoms with E-state index in [0.29, 0.717) is 5.92 Å². The highest BCUT2D eigenvalue weighted by Crippen LogP contribution is 2.29. The zero-order chi connectivity index (χ0) is 14.7. The largest absolute Gasteiger partial charge is 0.359 e. The van der Waals surface area contributed by atoms with Crippen LogP contribution in [-0.2, 0) is 0 Å². The van der Waals surface area contributed by atoms with Gasteiger partial charge >= 0.3 is 0 Å². The summed E-state index contributed by atoms with van der Waals surface area (Å²) < 4.78 is 0. The monoisotopic (exact) mass is 277 g/mol. The van der Waals surface area contributed by atoms with Crippen molar-refractivity contribution in [2.24, 2.45) is 11.8 Å². The molecule has 1 fully saturated rings. The fourth-order valence-corrected chi connectivity index (χ4v) is 2.96. The number of nitrogens with two attached hydrogens (primary N) is 1. The highest BCUT2D eigenvalue weighted by Gasteiger charge is 2.20. The van der Waals surface area contributed by atoms with Crippen LogP contribution < -0.4 is 16.2 Å². The Labute approximate surface area is 121 Å². The second-order valence-electron chi connectivity index (χ2n) is 6.21. The van der Waals surface area contributed by atoms with Crippen molar-refractivity contribution < 1.29 is 0 Å². The lowest BCUT2D eigenvalue weighted by Gasteiger charge is -2.25. The highest BCUT2D eigenvalue weighted by molar-refractivity contribution is 5.58. The van der Waals surface area contributed by atoms with Gasteiger partial charge in [-0.3, -0.25) is 0 Å². The number of nitrogens with zero attached hydrogens (tertiary/aromatic N) is 3. The minimum atomic E-state index is 0.293. The van der Waals surface area contributed by atoms with E-state index in [2.05, 4.69) is 36.2 Å². The van der Waals surface area contributed by atoms with Gasteiger partial charge in [0.1, 0.15) is 17.5 Å². The van der Waals surface area contributed by atoms with Gasteiger partial charge < -0.3 is 10.3 Å². The summed E-state index contributed by atoms with van der Waals surface area (Å²) in [5.74, 6) is 9.26. The van der Waals surface area contributed by atoms with E-state index in [1.807, 2.05) is 6.92 Å². The predicted molar refractivity (Wildman–Crippen MR) is 83.9 cm³/mol. The molecule has 0 saturated heterocycles. The first kappa shape index (κ1) is 15.0. The third-order valence-electron chi connectivity index (χ3n) is 4.16. The van der Waals surface area contributed by atoms with Crippen molar-refractivity contribution in [2.45, 2.75) is 52.4 Å². The molecule has 0 bridgehead atoms. The molecule has 1 heterocycles. The van der Waals surface area contributed by atoms with Gasteiger partial charge in [0.25, 0.3) is 0 Å². The second kappa shape index (κ2) is 6.39. The van der Waals surface area contributed by atoms with Gasteiger partial charge in [-0.05, 0) is 25.7 Å². The van der Waals surface area contributed by atoms with Crippen LogP contribution in [0.3, 0.4) is 0 Å². The van der Waals surface area contributed by atoms with Gasteiger partial charge in [-0.25, -0.2) is 15.8 Å². The number of aromatic nitrogens is 2. The topological polar surface area (TPSA) is 67.1 Å². The molecule has 0 aliphatic heterocycles. The van der Waals surface area contributed by atoms with Gasteiger partial charge in [0.15, 0.2) is 0 Å². The molecule has 0 spiro atoms. The van der Waals surface area contributed by atoms with Crippen molar-refractivity contribution in [1.29, 1.82) is 0 Å². The standard InChI is InChI=1S/C15H27N5/c1-10(2)13-17-14(19-16)11(3)15(18-13)20(4)9-12-7-5-6-8-12/h10,12H,5-9,16H2,1-4H3,(H,17,18,19).